The van der Waals surface area contributed by atoms with Gasteiger partial charge in [-0.2, -0.15) is 0 Å². The Bertz CT molecular complexity index is 361. The Hall–Kier alpha value is -2.12. The summed E-state index contributed by atoms with van der Waals surface area (Å²) < 4.78 is 0. The van der Waals surface area contributed by atoms with Crippen LogP contribution in [0.15, 0.2) is 0 Å². The van der Waals surface area contributed by atoms with Crippen LogP contribution in [0.5, 0.6) is 0 Å². The molecule has 0 aliphatic heterocycles. The number of hydrogen-bond donors (Lipinski definition) is 4. The Labute approximate surface area is 135 Å². The molecule has 0 saturated heterocycles. The second-order valence-corrected chi connectivity index (χ2v) is 5.26. The van der Waals surface area contributed by atoms with E-state index in [9.17, 15) is 19.2 Å². The van der Waals surface area contributed by atoms with E-state index < -0.39 is 11.9 Å². The first-order chi connectivity index (χ1) is 10.9. The van der Waals surface area contributed by atoms with E-state index in [4.69, 9.17) is 10.2 Å². The molecule has 0 aromatic carbocycles. The predicted octanol–water partition coefficient (Wildman–Crippen LogP) is 0.899. The van der Waals surface area contributed by atoms with E-state index >= 15 is 0 Å². The number of hydrogen-bond acceptors (Lipinski definition) is 4. The van der Waals surface area contributed by atoms with Crippen LogP contribution in [-0.4, -0.2) is 47.1 Å². The number of carboxylic acid groups (broad SMARTS) is 2. The monoisotopic (exact) mass is 330 g/mol. The van der Waals surface area contributed by atoms with Crippen LogP contribution in [0.2, 0.25) is 0 Å². The predicted molar refractivity (Wildman–Crippen MR) is 82.8 cm³/mol. The van der Waals surface area contributed by atoms with Crippen LogP contribution >= 0.6 is 0 Å². The van der Waals surface area contributed by atoms with Crippen LogP contribution in [0.4, 0.5) is 0 Å². The van der Waals surface area contributed by atoms with Gasteiger partial charge in [0.05, 0.1) is 0 Å². The summed E-state index contributed by atoms with van der Waals surface area (Å²) in [5.41, 5.74) is 0. The number of aliphatic carboxylic acids is 2. The zero-order chi connectivity index (χ0) is 17.5. The molecular formula is C15H26N2O6. The summed E-state index contributed by atoms with van der Waals surface area (Å²) in [6, 6.07) is 0. The van der Waals surface area contributed by atoms with E-state index in [-0.39, 0.29) is 24.7 Å². The summed E-state index contributed by atoms with van der Waals surface area (Å²) in [6.07, 6.45) is 3.77. The van der Waals surface area contributed by atoms with E-state index in [0.717, 1.165) is 6.42 Å². The summed E-state index contributed by atoms with van der Waals surface area (Å²) in [6.45, 7) is 0.730. The zero-order valence-corrected chi connectivity index (χ0v) is 13.3. The second-order valence-electron chi connectivity index (χ2n) is 5.26. The number of carbonyl (C=O) groups excluding carboxylic acids is 2. The minimum atomic E-state index is -0.875. The lowest BCUT2D eigenvalue weighted by Gasteiger charge is -2.05. The van der Waals surface area contributed by atoms with Gasteiger partial charge < -0.3 is 20.8 Å². The molecule has 0 radical (unpaired) electrons. The SMILES string of the molecule is O=C(O)CCCNC(=O)CCCCCC(=O)NCCCC(=O)O. The molecule has 0 rings (SSSR count). The van der Waals surface area contributed by atoms with Crippen molar-refractivity contribution in [1.29, 1.82) is 0 Å². The van der Waals surface area contributed by atoms with Gasteiger partial charge in [0.2, 0.25) is 11.8 Å². The van der Waals surface area contributed by atoms with Gasteiger partial charge in [-0.3, -0.25) is 19.2 Å². The van der Waals surface area contributed by atoms with Crippen molar-refractivity contribution in [2.75, 3.05) is 13.1 Å². The average Bonchev–Trinajstić information content (AvgIpc) is 2.47. The van der Waals surface area contributed by atoms with E-state index in [0.29, 0.717) is 51.6 Å². The normalized spacial score (nSPS) is 10.1. The lowest BCUT2D eigenvalue weighted by molar-refractivity contribution is -0.138. The molecule has 8 nitrogen and oxygen atoms in total. The summed E-state index contributed by atoms with van der Waals surface area (Å²) in [4.78, 5) is 43.4. The Kier molecular flexibility index (Phi) is 12.3. The molecule has 23 heavy (non-hydrogen) atoms. The number of nitrogens with one attached hydrogen (secondary N) is 2. The largest absolute Gasteiger partial charge is 0.481 e. The molecule has 0 unspecified atom stereocenters. The number of carboxylic acids is 2. The van der Waals surface area contributed by atoms with Crippen LogP contribution in [0, 0.1) is 0 Å². The first-order valence-electron chi connectivity index (χ1n) is 7.89. The quantitative estimate of drug-likeness (QED) is 0.350. The van der Waals surface area contributed by atoms with Crippen molar-refractivity contribution in [3.05, 3.63) is 0 Å². The molecule has 0 aromatic rings. The third-order valence-corrected chi connectivity index (χ3v) is 3.09. The maximum atomic E-state index is 11.4. The molecule has 8 heteroatoms. The maximum Gasteiger partial charge on any atom is 0.303 e. The Balaban J connectivity index is 3.40. The highest BCUT2D eigenvalue weighted by Gasteiger charge is 2.04. The van der Waals surface area contributed by atoms with Crippen LogP contribution in [0.3, 0.4) is 0 Å². The minimum absolute atomic E-state index is 0.0435. The summed E-state index contributed by atoms with van der Waals surface area (Å²) in [5.74, 6) is -1.96. The topological polar surface area (TPSA) is 133 Å². The van der Waals surface area contributed by atoms with Crippen LogP contribution in [-0.2, 0) is 19.2 Å². The van der Waals surface area contributed by atoms with E-state index in [2.05, 4.69) is 10.6 Å². The second kappa shape index (κ2) is 13.5. The highest BCUT2D eigenvalue weighted by Crippen LogP contribution is 2.03. The molecule has 0 bridgehead atoms. The number of unbranched alkanes of at least 4 members (excludes halogenated alkanes) is 2. The first-order valence-corrected chi connectivity index (χ1v) is 7.89. The van der Waals surface area contributed by atoms with Crippen molar-refractivity contribution in [3.8, 4) is 0 Å². The summed E-state index contributed by atoms with van der Waals surface area (Å²) in [7, 11) is 0. The van der Waals surface area contributed by atoms with Gasteiger partial charge in [-0.25, -0.2) is 0 Å². The standard InChI is InChI=1S/C15H26N2O6/c18-12(16-10-4-8-14(20)21)6-2-1-3-7-13(19)17-11-5-9-15(22)23/h1-11H2,(H,16,18)(H,17,19)(H,20,21)(H,22,23). The fourth-order valence-corrected chi connectivity index (χ4v) is 1.86. The lowest BCUT2D eigenvalue weighted by atomic mass is 10.1. The van der Waals surface area contributed by atoms with Crippen LogP contribution in [0.1, 0.15) is 57.8 Å². The summed E-state index contributed by atoms with van der Waals surface area (Å²) in [5, 5.41) is 22.2. The highest BCUT2D eigenvalue weighted by molar-refractivity contribution is 5.76. The van der Waals surface area contributed by atoms with Gasteiger partial charge in [-0.1, -0.05) is 6.42 Å². The van der Waals surface area contributed by atoms with Crippen molar-refractivity contribution in [2.45, 2.75) is 57.8 Å². The Morgan fingerprint density at radius 3 is 1.30 bits per heavy atom. The Morgan fingerprint density at radius 2 is 0.957 bits per heavy atom. The van der Waals surface area contributed by atoms with Crippen LogP contribution < -0.4 is 10.6 Å². The van der Waals surface area contributed by atoms with E-state index in [1.165, 1.54) is 0 Å². The molecule has 0 aliphatic rings. The van der Waals surface area contributed by atoms with Crippen molar-refractivity contribution >= 4 is 23.8 Å². The molecule has 2 amide bonds. The van der Waals surface area contributed by atoms with Gasteiger partial charge >= 0.3 is 11.9 Å². The number of carbonyl (C=O) groups is 4. The number of rotatable bonds is 14. The smallest absolute Gasteiger partial charge is 0.303 e. The van der Waals surface area contributed by atoms with Crippen LogP contribution in [0.25, 0.3) is 0 Å². The van der Waals surface area contributed by atoms with Gasteiger partial charge in [-0.05, 0) is 25.7 Å². The lowest BCUT2D eigenvalue weighted by Crippen LogP contribution is -2.25. The van der Waals surface area contributed by atoms with E-state index in [1.54, 1.807) is 0 Å². The molecule has 132 valence electrons. The molecular weight excluding hydrogens is 304 g/mol. The van der Waals surface area contributed by atoms with Gasteiger partial charge in [0, 0.05) is 38.8 Å². The molecule has 0 heterocycles. The fraction of sp³-hybridized carbons (Fsp3) is 0.733. The molecule has 0 aromatic heterocycles. The third-order valence-electron chi connectivity index (χ3n) is 3.09. The fourth-order valence-electron chi connectivity index (χ4n) is 1.86. The zero-order valence-electron chi connectivity index (χ0n) is 13.3. The highest BCUT2D eigenvalue weighted by atomic mass is 16.4. The average molecular weight is 330 g/mol. The number of amides is 2. The molecule has 0 saturated carbocycles. The molecule has 4 N–H and O–H groups in total. The third kappa shape index (κ3) is 16.1. The van der Waals surface area contributed by atoms with Gasteiger partial charge in [-0.15, -0.1) is 0 Å². The maximum absolute atomic E-state index is 11.4. The first kappa shape index (κ1) is 20.9. The molecule has 0 atom stereocenters. The van der Waals surface area contributed by atoms with Crippen molar-refractivity contribution < 1.29 is 29.4 Å². The van der Waals surface area contributed by atoms with Gasteiger partial charge in [0.15, 0.2) is 0 Å². The molecule has 0 aliphatic carbocycles. The van der Waals surface area contributed by atoms with Crippen molar-refractivity contribution in [1.82, 2.24) is 10.6 Å². The Morgan fingerprint density at radius 1 is 0.565 bits per heavy atom. The van der Waals surface area contributed by atoms with Crippen molar-refractivity contribution in [3.63, 3.8) is 0 Å². The van der Waals surface area contributed by atoms with E-state index in [1.807, 2.05) is 0 Å². The molecule has 0 spiro atoms. The minimum Gasteiger partial charge on any atom is -0.481 e. The van der Waals surface area contributed by atoms with Gasteiger partial charge in [0.25, 0.3) is 0 Å². The van der Waals surface area contributed by atoms with Gasteiger partial charge in [0.1, 0.15) is 0 Å². The molecule has 0 fully saturated rings. The van der Waals surface area contributed by atoms with Crippen molar-refractivity contribution in [2.24, 2.45) is 0 Å². The summed E-state index contributed by atoms with van der Waals surface area (Å²) >= 11 is 0.